The first-order chi connectivity index (χ1) is 10.9. The van der Waals surface area contributed by atoms with Crippen molar-refractivity contribution in [2.24, 2.45) is 0 Å². The zero-order valence-corrected chi connectivity index (χ0v) is 19.2. The molecule has 2 aromatic carbocycles. The van der Waals surface area contributed by atoms with Gasteiger partial charge in [-0.2, -0.15) is 0 Å². The number of hydrogen-bond donors (Lipinski definition) is 0. The van der Waals surface area contributed by atoms with Crippen molar-refractivity contribution in [3.05, 3.63) is 58.2 Å². The van der Waals surface area contributed by atoms with Crippen LogP contribution in [0.1, 0.15) is 15.9 Å². The van der Waals surface area contributed by atoms with Gasteiger partial charge in [-0.05, 0) is 87.9 Å². The van der Waals surface area contributed by atoms with E-state index in [-0.39, 0.29) is 5.78 Å². The van der Waals surface area contributed by atoms with Crippen LogP contribution in [0.4, 0.5) is 0 Å². The van der Waals surface area contributed by atoms with Crippen LogP contribution in [0.25, 0.3) is 0 Å². The first-order valence-corrected chi connectivity index (χ1v) is 10.2. The second-order valence-corrected chi connectivity index (χ2v) is 8.53. The molecule has 0 amide bonds. The molecule has 0 bridgehead atoms. The average Bonchev–Trinajstić information content (AvgIpc) is 2.54. The van der Waals surface area contributed by atoms with E-state index in [1.54, 1.807) is 0 Å². The van der Waals surface area contributed by atoms with Crippen molar-refractivity contribution in [1.29, 1.82) is 0 Å². The van der Waals surface area contributed by atoms with E-state index in [4.69, 9.17) is 4.74 Å². The molecule has 23 heavy (non-hydrogen) atoms. The third-order valence-corrected chi connectivity index (χ3v) is 7.17. The van der Waals surface area contributed by atoms with Crippen molar-refractivity contribution >= 4 is 73.6 Å². The Balaban J connectivity index is 2.32. The van der Waals surface area contributed by atoms with E-state index in [1.165, 1.54) is 0 Å². The van der Waals surface area contributed by atoms with Gasteiger partial charge in [0.25, 0.3) is 0 Å². The largest absolute Gasteiger partial charge is 0.490 e. The van der Waals surface area contributed by atoms with Crippen molar-refractivity contribution in [2.75, 3.05) is 27.2 Å². The Kier molecular flexibility index (Phi) is 7.55. The van der Waals surface area contributed by atoms with Gasteiger partial charge in [0, 0.05) is 21.2 Å². The summed E-state index contributed by atoms with van der Waals surface area (Å²) in [7, 11) is 4.04. The summed E-state index contributed by atoms with van der Waals surface area (Å²) in [6.45, 7) is 1.48. The lowest BCUT2D eigenvalue weighted by atomic mass is 10.0. The van der Waals surface area contributed by atoms with Gasteiger partial charge >= 0.3 is 0 Å². The van der Waals surface area contributed by atoms with E-state index in [1.807, 2.05) is 50.5 Å². The molecule has 0 aliphatic heterocycles. The highest BCUT2D eigenvalue weighted by Gasteiger charge is 2.20. The smallest absolute Gasteiger partial charge is 0.194 e. The predicted octanol–water partition coefficient (Wildman–Crippen LogP) is 4.67. The van der Waals surface area contributed by atoms with Crippen LogP contribution < -0.4 is 4.74 Å². The molecule has 2 rings (SSSR count). The highest BCUT2D eigenvalue weighted by Crippen LogP contribution is 2.34. The Morgan fingerprint density at radius 3 is 2.35 bits per heavy atom. The fourth-order valence-electron chi connectivity index (χ4n) is 1.95. The lowest BCUT2D eigenvalue weighted by Crippen LogP contribution is -2.20. The summed E-state index contributed by atoms with van der Waals surface area (Å²) in [4.78, 5) is 14.8. The molecular weight excluding hydrogens is 631 g/mol. The molecule has 0 unspecified atom stereocenters. The molecule has 0 fully saturated rings. The predicted molar refractivity (Wildman–Crippen MR) is 119 cm³/mol. The number of carbonyl (C=O) groups is 1. The van der Waals surface area contributed by atoms with Crippen LogP contribution in [0.2, 0.25) is 0 Å². The zero-order chi connectivity index (χ0) is 17.0. The van der Waals surface area contributed by atoms with Crippen LogP contribution in [0.3, 0.4) is 0 Å². The van der Waals surface area contributed by atoms with Gasteiger partial charge in [0.15, 0.2) is 5.78 Å². The van der Waals surface area contributed by atoms with Gasteiger partial charge in [-0.3, -0.25) is 4.79 Å². The molecule has 0 saturated carbocycles. The monoisotopic (exact) mass is 647 g/mol. The molecule has 0 heterocycles. The Hall–Kier alpha value is 0.0600. The third-order valence-electron chi connectivity index (χ3n) is 3.18. The molecule has 0 atom stereocenters. The van der Waals surface area contributed by atoms with Gasteiger partial charge in [0.2, 0.25) is 0 Å². The second-order valence-electron chi connectivity index (χ2n) is 5.21. The minimum Gasteiger partial charge on any atom is -0.490 e. The molecule has 122 valence electrons. The molecule has 0 radical (unpaired) electrons. The quantitative estimate of drug-likeness (QED) is 0.260. The summed E-state index contributed by atoms with van der Waals surface area (Å²) in [5.74, 6) is 0.910. The maximum atomic E-state index is 12.7. The van der Waals surface area contributed by atoms with Crippen LogP contribution >= 0.6 is 67.8 Å². The average molecular weight is 647 g/mol. The van der Waals surface area contributed by atoms with Crippen molar-refractivity contribution < 1.29 is 9.53 Å². The van der Waals surface area contributed by atoms with Gasteiger partial charge in [0.1, 0.15) is 12.4 Å². The van der Waals surface area contributed by atoms with E-state index in [2.05, 4.69) is 72.7 Å². The molecule has 0 spiro atoms. The first kappa shape index (κ1) is 19.4. The lowest BCUT2D eigenvalue weighted by molar-refractivity contribution is 0.103. The number of ketones is 1. The summed E-state index contributed by atoms with van der Waals surface area (Å²) in [6, 6.07) is 11.3. The number of hydrogen-bond acceptors (Lipinski definition) is 3. The SMILES string of the molecule is CN(C)CCOc1c(I)cc(C(=O)c2ccccc2)c(I)c1I. The highest BCUT2D eigenvalue weighted by atomic mass is 127. The zero-order valence-electron chi connectivity index (χ0n) is 12.8. The molecule has 0 aliphatic rings. The van der Waals surface area contributed by atoms with Crippen molar-refractivity contribution in [1.82, 2.24) is 4.90 Å². The second kappa shape index (κ2) is 8.95. The summed E-state index contributed by atoms with van der Waals surface area (Å²) in [5.41, 5.74) is 1.43. The minimum atomic E-state index is 0.0469. The number of nitrogens with zero attached hydrogens (tertiary/aromatic N) is 1. The van der Waals surface area contributed by atoms with Crippen LogP contribution in [-0.4, -0.2) is 37.9 Å². The molecule has 0 aromatic heterocycles. The Morgan fingerprint density at radius 2 is 1.74 bits per heavy atom. The molecular formula is C17H16I3NO2. The number of rotatable bonds is 6. The van der Waals surface area contributed by atoms with Gasteiger partial charge in [-0.1, -0.05) is 30.3 Å². The molecule has 6 heteroatoms. The molecule has 0 saturated heterocycles. The van der Waals surface area contributed by atoms with E-state index in [0.717, 1.165) is 28.6 Å². The van der Waals surface area contributed by atoms with Gasteiger partial charge in [-0.15, -0.1) is 0 Å². The Labute approximate surface area is 177 Å². The molecule has 0 aliphatic carbocycles. The van der Waals surface area contributed by atoms with E-state index < -0.39 is 0 Å². The number of benzene rings is 2. The number of ether oxygens (including phenoxy) is 1. The van der Waals surface area contributed by atoms with Crippen LogP contribution in [0.5, 0.6) is 5.75 Å². The highest BCUT2D eigenvalue weighted by molar-refractivity contribution is 14.1. The maximum Gasteiger partial charge on any atom is 0.194 e. The summed E-state index contributed by atoms with van der Waals surface area (Å²) in [5, 5.41) is 0. The third kappa shape index (κ3) is 5.02. The summed E-state index contributed by atoms with van der Waals surface area (Å²) >= 11 is 6.73. The van der Waals surface area contributed by atoms with E-state index in [9.17, 15) is 4.79 Å². The minimum absolute atomic E-state index is 0.0469. The van der Waals surface area contributed by atoms with E-state index >= 15 is 0 Å². The maximum absolute atomic E-state index is 12.7. The van der Waals surface area contributed by atoms with Gasteiger partial charge in [0.05, 0.1) is 7.14 Å². The van der Waals surface area contributed by atoms with Gasteiger partial charge < -0.3 is 9.64 Å². The molecule has 0 N–H and O–H groups in total. The molecule has 2 aromatic rings. The van der Waals surface area contributed by atoms with Crippen LogP contribution in [-0.2, 0) is 0 Å². The van der Waals surface area contributed by atoms with E-state index in [0.29, 0.717) is 12.2 Å². The van der Waals surface area contributed by atoms with Crippen LogP contribution in [0, 0.1) is 10.7 Å². The Bertz CT molecular complexity index is 703. The fraction of sp³-hybridized carbons (Fsp3) is 0.235. The van der Waals surface area contributed by atoms with Crippen molar-refractivity contribution in [2.45, 2.75) is 0 Å². The number of carbonyl (C=O) groups excluding carboxylic acids is 1. The summed E-state index contributed by atoms with van der Waals surface area (Å²) in [6.07, 6.45) is 0. The topological polar surface area (TPSA) is 29.5 Å². The Morgan fingerprint density at radius 1 is 1.09 bits per heavy atom. The van der Waals surface area contributed by atoms with Crippen molar-refractivity contribution in [3.63, 3.8) is 0 Å². The fourth-order valence-corrected chi connectivity index (χ4v) is 4.59. The van der Waals surface area contributed by atoms with Crippen molar-refractivity contribution in [3.8, 4) is 5.75 Å². The standard InChI is InChI=1S/C17H16I3NO2/c1-21(2)8-9-23-17-13(18)10-12(14(19)15(17)20)16(22)11-6-4-3-5-7-11/h3-7,10H,8-9H2,1-2H3. The summed E-state index contributed by atoms with van der Waals surface area (Å²) < 4.78 is 8.83. The number of likely N-dealkylation sites (N-methyl/N-ethyl adjacent to an activating group) is 1. The van der Waals surface area contributed by atoms with Gasteiger partial charge in [-0.25, -0.2) is 0 Å². The van der Waals surface area contributed by atoms with Crippen LogP contribution in [0.15, 0.2) is 36.4 Å². The lowest BCUT2D eigenvalue weighted by Gasteiger charge is -2.16. The normalized spacial score (nSPS) is 10.9. The first-order valence-electron chi connectivity index (χ1n) is 6.96. The molecule has 3 nitrogen and oxygen atoms in total. The number of halogens is 3.